The van der Waals surface area contributed by atoms with E-state index in [9.17, 15) is 17.6 Å². The molecule has 1 unspecified atom stereocenters. The summed E-state index contributed by atoms with van der Waals surface area (Å²) >= 11 is 0. The Hall–Kier alpha value is -1.47. The zero-order chi connectivity index (χ0) is 15.3. The molecule has 0 heterocycles. The Morgan fingerprint density at radius 3 is 2.60 bits per heavy atom. The third-order valence-corrected chi connectivity index (χ3v) is 3.97. The number of carbonyl (C=O) groups excluding carboxylic acids is 1. The van der Waals surface area contributed by atoms with Crippen LogP contribution in [0.3, 0.4) is 0 Å². The summed E-state index contributed by atoms with van der Waals surface area (Å²) in [6.07, 6.45) is 1.84. The van der Waals surface area contributed by atoms with E-state index in [4.69, 9.17) is 5.73 Å². The summed E-state index contributed by atoms with van der Waals surface area (Å²) in [4.78, 5) is 11.2. The van der Waals surface area contributed by atoms with E-state index < -0.39 is 21.7 Å². The van der Waals surface area contributed by atoms with Gasteiger partial charge in [0.05, 0.1) is 6.04 Å². The van der Waals surface area contributed by atoms with Crippen molar-refractivity contribution >= 4 is 15.7 Å². The average Bonchev–Trinajstić information content (AvgIpc) is 2.34. The normalized spacial score (nSPS) is 13.0. The van der Waals surface area contributed by atoms with E-state index in [2.05, 4.69) is 5.32 Å². The van der Waals surface area contributed by atoms with Crippen LogP contribution in [0.25, 0.3) is 0 Å². The minimum atomic E-state index is -3.59. The van der Waals surface area contributed by atoms with Gasteiger partial charge in [0.2, 0.25) is 5.91 Å². The van der Waals surface area contributed by atoms with E-state index in [1.54, 1.807) is 6.92 Å². The zero-order valence-electron chi connectivity index (χ0n) is 11.5. The minimum absolute atomic E-state index is 0.171. The molecule has 0 aliphatic rings. The van der Waals surface area contributed by atoms with E-state index in [1.807, 2.05) is 0 Å². The average molecular weight is 302 g/mol. The van der Waals surface area contributed by atoms with Crippen molar-refractivity contribution in [2.45, 2.75) is 30.7 Å². The van der Waals surface area contributed by atoms with Crippen molar-refractivity contribution in [1.82, 2.24) is 5.32 Å². The predicted molar refractivity (Wildman–Crippen MR) is 74.4 cm³/mol. The lowest BCUT2D eigenvalue weighted by atomic mass is 10.1. The Bertz CT molecular complexity index is 587. The Morgan fingerprint density at radius 2 is 2.10 bits per heavy atom. The molecule has 20 heavy (non-hydrogen) atoms. The monoisotopic (exact) mass is 302 g/mol. The number of nitrogens with two attached hydrogens (primary N) is 1. The Kier molecular flexibility index (Phi) is 5.64. The van der Waals surface area contributed by atoms with E-state index in [-0.39, 0.29) is 10.8 Å². The lowest BCUT2D eigenvalue weighted by Gasteiger charge is -2.15. The lowest BCUT2D eigenvalue weighted by molar-refractivity contribution is -0.121. The summed E-state index contributed by atoms with van der Waals surface area (Å²) < 4.78 is 36.4. The van der Waals surface area contributed by atoms with Gasteiger partial charge in [-0.3, -0.25) is 4.79 Å². The van der Waals surface area contributed by atoms with Crippen LogP contribution >= 0.6 is 0 Å². The van der Waals surface area contributed by atoms with Crippen LogP contribution < -0.4 is 11.1 Å². The van der Waals surface area contributed by atoms with Crippen molar-refractivity contribution in [1.29, 1.82) is 0 Å². The van der Waals surface area contributed by atoms with Gasteiger partial charge >= 0.3 is 0 Å². The summed E-state index contributed by atoms with van der Waals surface area (Å²) in [7, 11) is -3.59. The maximum Gasteiger partial charge on any atom is 0.220 e. The molecule has 0 saturated heterocycles. The summed E-state index contributed by atoms with van der Waals surface area (Å²) in [6.45, 7) is 2.13. The fourth-order valence-corrected chi connectivity index (χ4v) is 2.48. The van der Waals surface area contributed by atoms with Crippen LogP contribution in [0.2, 0.25) is 0 Å². The third-order valence-electron chi connectivity index (χ3n) is 2.84. The smallest absolute Gasteiger partial charge is 0.220 e. The summed E-state index contributed by atoms with van der Waals surface area (Å²) in [5.74, 6) is -0.983. The second kappa shape index (κ2) is 6.81. The van der Waals surface area contributed by atoms with Crippen molar-refractivity contribution in [2.24, 2.45) is 5.73 Å². The number of sulfone groups is 1. The molecule has 1 aromatic carbocycles. The number of hydrogen-bond donors (Lipinski definition) is 2. The van der Waals surface area contributed by atoms with Gasteiger partial charge in [0.25, 0.3) is 0 Å². The highest BCUT2D eigenvalue weighted by Gasteiger charge is 2.16. The fourth-order valence-electron chi connectivity index (χ4n) is 1.75. The number of rotatable bonds is 6. The molecule has 1 aromatic rings. The Balaban J connectivity index is 2.83. The number of amides is 1. The largest absolute Gasteiger partial charge is 0.350 e. The summed E-state index contributed by atoms with van der Waals surface area (Å²) in [5.41, 5.74) is 5.82. The molecule has 0 aliphatic carbocycles. The van der Waals surface area contributed by atoms with Crippen molar-refractivity contribution < 1.29 is 17.6 Å². The van der Waals surface area contributed by atoms with Gasteiger partial charge in [-0.15, -0.1) is 0 Å². The van der Waals surface area contributed by atoms with Crippen molar-refractivity contribution in [2.75, 3.05) is 12.8 Å². The van der Waals surface area contributed by atoms with Crippen LogP contribution in [-0.2, 0) is 14.6 Å². The van der Waals surface area contributed by atoms with Crippen LogP contribution in [-0.4, -0.2) is 27.1 Å². The first-order valence-corrected chi connectivity index (χ1v) is 8.13. The molecular weight excluding hydrogens is 283 g/mol. The highest BCUT2D eigenvalue weighted by atomic mass is 32.2. The van der Waals surface area contributed by atoms with Crippen LogP contribution in [0, 0.1) is 5.82 Å². The molecule has 1 rings (SSSR count). The fraction of sp³-hybridized carbons (Fsp3) is 0.462. The molecule has 0 aliphatic heterocycles. The molecule has 3 N–H and O–H groups in total. The second-order valence-corrected chi connectivity index (χ2v) is 6.63. The molecule has 112 valence electrons. The van der Waals surface area contributed by atoms with Gasteiger partial charge in [-0.1, -0.05) is 6.07 Å². The van der Waals surface area contributed by atoms with Crippen molar-refractivity contribution in [3.8, 4) is 0 Å². The summed E-state index contributed by atoms with van der Waals surface area (Å²) in [6, 6.07) is 3.43. The van der Waals surface area contributed by atoms with E-state index in [0.29, 0.717) is 24.9 Å². The first-order valence-electron chi connectivity index (χ1n) is 6.24. The number of nitrogens with one attached hydrogen (secondary N) is 1. The van der Waals surface area contributed by atoms with Crippen LogP contribution in [0.15, 0.2) is 23.1 Å². The van der Waals surface area contributed by atoms with Gasteiger partial charge in [-0.25, -0.2) is 12.8 Å². The van der Waals surface area contributed by atoms with Crippen LogP contribution in [0.5, 0.6) is 0 Å². The van der Waals surface area contributed by atoms with Gasteiger partial charge in [0, 0.05) is 12.7 Å². The van der Waals surface area contributed by atoms with Gasteiger partial charge in [-0.2, -0.15) is 0 Å². The molecule has 5 nitrogen and oxygen atoms in total. The van der Waals surface area contributed by atoms with Crippen LogP contribution in [0.4, 0.5) is 4.39 Å². The van der Waals surface area contributed by atoms with Gasteiger partial charge in [0.15, 0.2) is 9.84 Å². The van der Waals surface area contributed by atoms with E-state index in [0.717, 1.165) is 12.3 Å². The molecule has 0 radical (unpaired) electrons. The van der Waals surface area contributed by atoms with Crippen molar-refractivity contribution in [3.63, 3.8) is 0 Å². The highest BCUT2D eigenvalue weighted by Crippen LogP contribution is 2.20. The summed E-state index contributed by atoms with van der Waals surface area (Å²) in [5, 5.41) is 2.71. The molecule has 0 aromatic heterocycles. The molecule has 0 bridgehead atoms. The lowest BCUT2D eigenvalue weighted by Crippen LogP contribution is -2.27. The predicted octanol–water partition coefficient (Wildman–Crippen LogP) is 1.15. The maximum atomic E-state index is 13.7. The van der Waals surface area contributed by atoms with E-state index >= 15 is 0 Å². The van der Waals surface area contributed by atoms with Gasteiger partial charge in [-0.05, 0) is 37.6 Å². The van der Waals surface area contributed by atoms with Gasteiger partial charge < -0.3 is 11.1 Å². The third kappa shape index (κ3) is 4.57. The SMILES string of the molecule is CC(NC(=O)CCCN)c1ccc(S(C)(=O)=O)c(F)c1. The number of hydrogen-bond acceptors (Lipinski definition) is 4. The molecule has 0 saturated carbocycles. The Labute approximate surface area is 118 Å². The highest BCUT2D eigenvalue weighted by molar-refractivity contribution is 7.90. The molecular formula is C13H19FN2O3S. The van der Waals surface area contributed by atoms with E-state index in [1.165, 1.54) is 12.1 Å². The molecule has 1 atom stereocenters. The zero-order valence-corrected chi connectivity index (χ0v) is 12.3. The first-order chi connectivity index (χ1) is 9.25. The minimum Gasteiger partial charge on any atom is -0.350 e. The Morgan fingerprint density at radius 1 is 1.45 bits per heavy atom. The standard InChI is InChI=1S/C13H19FN2O3S/c1-9(16-13(17)4-3-7-15)10-5-6-12(11(14)8-10)20(2,18)19/h5-6,8-9H,3-4,7,15H2,1-2H3,(H,16,17). The molecule has 0 spiro atoms. The van der Waals surface area contributed by atoms with Crippen LogP contribution in [0.1, 0.15) is 31.4 Å². The number of carbonyl (C=O) groups is 1. The van der Waals surface area contributed by atoms with Gasteiger partial charge in [0.1, 0.15) is 10.7 Å². The van der Waals surface area contributed by atoms with Crippen molar-refractivity contribution in [3.05, 3.63) is 29.6 Å². The second-order valence-electron chi connectivity index (χ2n) is 4.64. The first kappa shape index (κ1) is 16.6. The maximum absolute atomic E-state index is 13.7. The topological polar surface area (TPSA) is 89.3 Å². The number of halogens is 1. The molecule has 1 amide bonds. The molecule has 0 fully saturated rings. The number of benzene rings is 1. The molecule has 7 heteroatoms. The quantitative estimate of drug-likeness (QED) is 0.825.